The fourth-order valence-electron chi connectivity index (χ4n) is 5.02. The van der Waals surface area contributed by atoms with Crippen LogP contribution in [0, 0.1) is 17.6 Å². The molecule has 36 heavy (non-hydrogen) atoms. The van der Waals surface area contributed by atoms with Crippen molar-refractivity contribution < 1.29 is 18.7 Å². The minimum Gasteiger partial charge on any atom is -0.481 e. The molecule has 2 heterocycles. The molecular weight excluding hydrogens is 504 g/mol. The van der Waals surface area contributed by atoms with Gasteiger partial charge in [0.2, 0.25) is 0 Å². The standard InChI is InChI=1S/C27H24ClF2N3O2S/c1-2-9-32-13-15(12-31-32)33-24(14-3-4-14)26(18-7-8-21(28)23(30)25(18)33)36-16-5-6-17(22(29)10-16)19-11-20(19)27(34)35/h5-8,10,12-14,19-20H,2-4,9,11H2,1H3,(H,34,35). The molecule has 4 aromatic rings. The van der Waals surface area contributed by atoms with Crippen LogP contribution < -0.4 is 0 Å². The van der Waals surface area contributed by atoms with Crippen molar-refractivity contribution in [2.45, 2.75) is 60.8 Å². The molecule has 0 bridgehead atoms. The Kier molecular flexibility index (Phi) is 5.84. The monoisotopic (exact) mass is 527 g/mol. The van der Waals surface area contributed by atoms with Gasteiger partial charge in [-0.2, -0.15) is 5.10 Å². The molecule has 2 atom stereocenters. The zero-order chi connectivity index (χ0) is 25.1. The first-order chi connectivity index (χ1) is 17.4. The van der Waals surface area contributed by atoms with Crippen LogP contribution in [0.4, 0.5) is 8.78 Å². The lowest BCUT2D eigenvalue weighted by atomic mass is 10.1. The summed E-state index contributed by atoms with van der Waals surface area (Å²) >= 11 is 7.63. The average Bonchev–Trinajstić information content (AvgIpc) is 3.76. The van der Waals surface area contributed by atoms with Gasteiger partial charge in [-0.15, -0.1) is 0 Å². The number of aromatic nitrogens is 3. The molecule has 0 amide bonds. The van der Waals surface area contributed by atoms with Crippen LogP contribution in [0.1, 0.15) is 55.7 Å². The number of fused-ring (bicyclic) bond motifs is 1. The van der Waals surface area contributed by atoms with E-state index in [1.165, 1.54) is 17.8 Å². The summed E-state index contributed by atoms with van der Waals surface area (Å²) in [6, 6.07) is 8.36. The second-order valence-electron chi connectivity index (χ2n) is 9.62. The Labute approximate surface area is 216 Å². The van der Waals surface area contributed by atoms with E-state index in [0.717, 1.165) is 47.5 Å². The van der Waals surface area contributed by atoms with Crippen LogP contribution in [0.5, 0.6) is 0 Å². The maximum Gasteiger partial charge on any atom is 0.307 e. The van der Waals surface area contributed by atoms with Crippen LogP contribution in [0.15, 0.2) is 52.5 Å². The smallest absolute Gasteiger partial charge is 0.307 e. The van der Waals surface area contributed by atoms with Crippen molar-refractivity contribution in [2.24, 2.45) is 5.92 Å². The van der Waals surface area contributed by atoms with E-state index in [2.05, 4.69) is 12.0 Å². The maximum absolute atomic E-state index is 15.5. The van der Waals surface area contributed by atoms with Crippen LogP contribution in [-0.4, -0.2) is 25.4 Å². The largest absolute Gasteiger partial charge is 0.481 e. The first-order valence-electron chi connectivity index (χ1n) is 12.1. The molecule has 0 aliphatic heterocycles. The van der Waals surface area contributed by atoms with Gasteiger partial charge in [0.15, 0.2) is 5.82 Å². The lowest BCUT2D eigenvalue weighted by Gasteiger charge is -2.11. The van der Waals surface area contributed by atoms with Crippen LogP contribution in [0.3, 0.4) is 0 Å². The second-order valence-corrected chi connectivity index (χ2v) is 11.1. The normalized spacial score (nSPS) is 19.2. The molecule has 2 aromatic carbocycles. The Balaban J connectivity index is 1.46. The number of benzene rings is 2. The number of carboxylic acid groups (broad SMARTS) is 1. The zero-order valence-electron chi connectivity index (χ0n) is 19.5. The van der Waals surface area contributed by atoms with Gasteiger partial charge >= 0.3 is 5.97 Å². The Morgan fingerprint density at radius 1 is 1.25 bits per heavy atom. The van der Waals surface area contributed by atoms with Crippen molar-refractivity contribution in [2.75, 3.05) is 0 Å². The van der Waals surface area contributed by atoms with Crippen molar-refractivity contribution >= 4 is 40.2 Å². The SMILES string of the molecule is CCCn1cc(-n2c(C3CC3)c(Sc3ccc(C4CC4C(=O)O)c(F)c3)c3ccc(Cl)c(F)c32)cn1. The third-order valence-corrected chi connectivity index (χ3v) is 8.42. The van der Waals surface area contributed by atoms with Crippen molar-refractivity contribution in [3.05, 3.63) is 70.6 Å². The van der Waals surface area contributed by atoms with E-state index in [4.69, 9.17) is 11.6 Å². The number of hydrogen-bond donors (Lipinski definition) is 1. The quantitative estimate of drug-likeness (QED) is 0.259. The minimum absolute atomic E-state index is 0.0499. The molecule has 1 N–H and O–H groups in total. The van der Waals surface area contributed by atoms with E-state index >= 15 is 8.78 Å². The summed E-state index contributed by atoms with van der Waals surface area (Å²) in [6.45, 7) is 2.84. The molecule has 0 saturated heterocycles. The Morgan fingerprint density at radius 3 is 2.72 bits per heavy atom. The summed E-state index contributed by atoms with van der Waals surface area (Å²) in [7, 11) is 0. The van der Waals surface area contributed by atoms with Crippen molar-refractivity contribution in [1.82, 2.24) is 14.3 Å². The summed E-state index contributed by atoms with van der Waals surface area (Å²) in [4.78, 5) is 12.8. The number of aliphatic carboxylic acids is 1. The first-order valence-corrected chi connectivity index (χ1v) is 13.3. The maximum atomic E-state index is 15.5. The van der Waals surface area contributed by atoms with Gasteiger partial charge in [-0.1, -0.05) is 36.4 Å². The van der Waals surface area contributed by atoms with Gasteiger partial charge in [0.1, 0.15) is 5.82 Å². The van der Waals surface area contributed by atoms with Crippen molar-refractivity contribution in [3.8, 4) is 5.69 Å². The van der Waals surface area contributed by atoms with Gasteiger partial charge in [0.05, 0.1) is 28.3 Å². The van der Waals surface area contributed by atoms with Gasteiger partial charge < -0.3 is 9.67 Å². The highest BCUT2D eigenvalue weighted by atomic mass is 35.5. The van der Waals surface area contributed by atoms with E-state index in [-0.39, 0.29) is 16.9 Å². The Hall–Kier alpha value is -2.84. The van der Waals surface area contributed by atoms with E-state index in [9.17, 15) is 9.90 Å². The highest BCUT2D eigenvalue weighted by Crippen LogP contribution is 2.52. The molecule has 2 fully saturated rings. The highest BCUT2D eigenvalue weighted by molar-refractivity contribution is 7.99. The van der Waals surface area contributed by atoms with Gasteiger partial charge in [0.25, 0.3) is 0 Å². The summed E-state index contributed by atoms with van der Waals surface area (Å²) < 4.78 is 34.3. The molecule has 2 saturated carbocycles. The number of carboxylic acids is 1. The van der Waals surface area contributed by atoms with E-state index in [1.54, 1.807) is 18.3 Å². The van der Waals surface area contributed by atoms with E-state index in [0.29, 0.717) is 22.4 Å². The molecule has 9 heteroatoms. The highest BCUT2D eigenvalue weighted by Gasteiger charge is 2.45. The topological polar surface area (TPSA) is 60.0 Å². The number of carbonyl (C=O) groups is 1. The third-order valence-electron chi connectivity index (χ3n) is 7.00. The molecular formula is C27H24ClF2N3O2S. The zero-order valence-corrected chi connectivity index (χ0v) is 21.1. The summed E-state index contributed by atoms with van der Waals surface area (Å²) in [5.74, 6) is -2.30. The fraction of sp³-hybridized carbons (Fsp3) is 0.333. The molecule has 2 aromatic heterocycles. The predicted molar refractivity (Wildman–Crippen MR) is 135 cm³/mol. The molecule has 6 rings (SSSR count). The van der Waals surface area contributed by atoms with Crippen molar-refractivity contribution in [1.29, 1.82) is 0 Å². The predicted octanol–water partition coefficient (Wildman–Crippen LogP) is 7.39. The number of hydrogen-bond acceptors (Lipinski definition) is 3. The van der Waals surface area contributed by atoms with E-state index in [1.807, 2.05) is 27.6 Å². The lowest BCUT2D eigenvalue weighted by molar-refractivity contribution is -0.138. The Morgan fingerprint density at radius 2 is 2.06 bits per heavy atom. The van der Waals surface area contributed by atoms with Crippen LogP contribution in [0.25, 0.3) is 16.6 Å². The fourth-order valence-corrected chi connectivity index (χ4v) is 6.35. The summed E-state index contributed by atoms with van der Waals surface area (Å²) in [5, 5.41) is 14.4. The number of aryl methyl sites for hydroxylation is 1. The number of halogens is 3. The van der Waals surface area contributed by atoms with Gasteiger partial charge in [-0.25, -0.2) is 8.78 Å². The minimum atomic E-state index is -0.886. The molecule has 0 spiro atoms. The van der Waals surface area contributed by atoms with Crippen molar-refractivity contribution in [3.63, 3.8) is 0 Å². The molecule has 0 radical (unpaired) electrons. The van der Waals surface area contributed by atoms with Gasteiger partial charge in [-0.05, 0) is 55.5 Å². The van der Waals surface area contributed by atoms with E-state index < -0.39 is 23.5 Å². The lowest BCUT2D eigenvalue weighted by Crippen LogP contribution is -2.01. The van der Waals surface area contributed by atoms with Crippen LogP contribution in [-0.2, 0) is 11.3 Å². The number of nitrogens with zero attached hydrogens (tertiary/aromatic N) is 3. The van der Waals surface area contributed by atoms with Gasteiger partial charge in [0, 0.05) is 45.4 Å². The van der Waals surface area contributed by atoms with Gasteiger partial charge in [-0.3, -0.25) is 9.48 Å². The molecule has 2 aliphatic carbocycles. The second kappa shape index (κ2) is 8.92. The average molecular weight is 528 g/mol. The molecule has 2 unspecified atom stereocenters. The Bertz CT molecular complexity index is 1510. The summed E-state index contributed by atoms with van der Waals surface area (Å²) in [6.07, 6.45) is 7.05. The third kappa shape index (κ3) is 4.00. The molecule has 186 valence electrons. The first kappa shape index (κ1) is 23.6. The molecule has 2 aliphatic rings. The van der Waals surface area contributed by atoms with Crippen LogP contribution >= 0.6 is 23.4 Å². The summed E-state index contributed by atoms with van der Waals surface area (Å²) in [5.41, 5.74) is 2.61. The van der Waals surface area contributed by atoms with Crippen LogP contribution in [0.2, 0.25) is 5.02 Å². The molecule has 5 nitrogen and oxygen atoms in total. The number of rotatable bonds is 8.